The Bertz CT molecular complexity index is 1100. The van der Waals surface area contributed by atoms with E-state index in [0.29, 0.717) is 19.3 Å². The highest BCUT2D eigenvalue weighted by atomic mass is 16.6. The molecular weight excluding hydrogens is 877 g/mol. The zero-order chi connectivity index (χ0) is 51.4. The summed E-state index contributed by atoms with van der Waals surface area (Å²) in [6.45, 7) is 6.71. The summed E-state index contributed by atoms with van der Waals surface area (Å²) in [6.07, 6.45) is 70.7. The Kier molecular flexibility index (Phi) is 59.1. The summed E-state index contributed by atoms with van der Waals surface area (Å²) < 4.78 is 17.0. The monoisotopic (exact) mass is 1000 g/mol. The van der Waals surface area contributed by atoms with E-state index in [1.165, 1.54) is 263 Å². The van der Waals surface area contributed by atoms with Crippen LogP contribution in [0.15, 0.2) is 12.2 Å². The molecule has 0 rings (SSSR count). The lowest BCUT2D eigenvalue weighted by Gasteiger charge is -2.18. The van der Waals surface area contributed by atoms with E-state index in [1.54, 1.807) is 0 Å². The number of carbonyl (C=O) groups excluding carboxylic acids is 3. The topological polar surface area (TPSA) is 78.9 Å². The van der Waals surface area contributed by atoms with Crippen molar-refractivity contribution in [1.82, 2.24) is 0 Å². The van der Waals surface area contributed by atoms with Crippen LogP contribution in [0.5, 0.6) is 0 Å². The number of carbonyl (C=O) groups is 3. The Morgan fingerprint density at radius 3 is 0.704 bits per heavy atom. The van der Waals surface area contributed by atoms with Crippen LogP contribution >= 0.6 is 0 Å². The number of hydrogen-bond donors (Lipinski definition) is 0. The van der Waals surface area contributed by atoms with Gasteiger partial charge < -0.3 is 14.2 Å². The van der Waals surface area contributed by atoms with Crippen LogP contribution in [-0.2, 0) is 28.6 Å². The lowest BCUT2D eigenvalue weighted by Crippen LogP contribution is -2.30. The minimum atomic E-state index is -0.769. The summed E-state index contributed by atoms with van der Waals surface area (Å²) in [6, 6.07) is 0. The first-order valence-electron chi connectivity index (χ1n) is 32.2. The number of hydrogen-bond acceptors (Lipinski definition) is 6. The van der Waals surface area contributed by atoms with E-state index in [9.17, 15) is 14.4 Å². The van der Waals surface area contributed by atoms with Crippen molar-refractivity contribution in [3.63, 3.8) is 0 Å². The van der Waals surface area contributed by atoms with Gasteiger partial charge in [-0.25, -0.2) is 0 Å². The molecule has 6 heteroatoms. The van der Waals surface area contributed by atoms with E-state index < -0.39 is 6.10 Å². The molecule has 0 saturated carbocycles. The standard InChI is InChI=1S/C65H124O6/c1-4-7-10-13-16-19-22-25-28-31-33-35-37-40-43-46-49-52-55-58-64(67)70-61-62(60-69-63(66)57-54-51-48-45-42-39-36-30-27-24-21-18-15-12-9-6-3)71-65(68)59-56-53-50-47-44-41-38-34-32-29-26-23-20-17-14-11-8-5-2/h30,36,62H,4-29,31-35,37-61H2,1-3H3/b36-30-. The van der Waals surface area contributed by atoms with Crippen molar-refractivity contribution in [3.05, 3.63) is 12.2 Å². The van der Waals surface area contributed by atoms with Crippen molar-refractivity contribution in [2.75, 3.05) is 13.2 Å². The molecule has 0 aliphatic heterocycles. The van der Waals surface area contributed by atoms with Crippen LogP contribution in [0.25, 0.3) is 0 Å². The van der Waals surface area contributed by atoms with E-state index in [4.69, 9.17) is 14.2 Å². The van der Waals surface area contributed by atoms with Gasteiger partial charge in [-0.3, -0.25) is 14.4 Å². The normalized spacial score (nSPS) is 12.0. The number of allylic oxidation sites excluding steroid dienone is 2. The fourth-order valence-corrected chi connectivity index (χ4v) is 9.91. The Morgan fingerprint density at radius 2 is 0.465 bits per heavy atom. The lowest BCUT2D eigenvalue weighted by atomic mass is 10.0. The van der Waals surface area contributed by atoms with E-state index in [-0.39, 0.29) is 31.1 Å². The number of rotatable bonds is 60. The van der Waals surface area contributed by atoms with Crippen molar-refractivity contribution in [3.8, 4) is 0 Å². The molecule has 1 unspecified atom stereocenters. The SMILES string of the molecule is CCCCCCCCC/C=C\CCCCCCCC(=O)OCC(COC(=O)CCCCCCCCCCCCCCCCCCCCC)OC(=O)CCCCCCCCCCCCCCCCCCCC. The maximum atomic E-state index is 12.9. The van der Waals surface area contributed by atoms with Gasteiger partial charge in [-0.1, -0.05) is 315 Å². The Balaban J connectivity index is 4.30. The second-order valence-electron chi connectivity index (χ2n) is 22.0. The van der Waals surface area contributed by atoms with Gasteiger partial charge in [0.2, 0.25) is 0 Å². The number of unbranched alkanes of at least 4 members (excludes halogenated alkanes) is 47. The fourth-order valence-electron chi connectivity index (χ4n) is 9.91. The van der Waals surface area contributed by atoms with Crippen LogP contribution in [0.2, 0.25) is 0 Å². The Morgan fingerprint density at radius 1 is 0.268 bits per heavy atom. The zero-order valence-corrected chi connectivity index (χ0v) is 48.3. The third-order valence-corrected chi connectivity index (χ3v) is 14.8. The van der Waals surface area contributed by atoms with Gasteiger partial charge in [0, 0.05) is 19.3 Å². The molecule has 71 heavy (non-hydrogen) atoms. The van der Waals surface area contributed by atoms with Crippen molar-refractivity contribution < 1.29 is 28.6 Å². The predicted molar refractivity (Wildman–Crippen MR) is 307 cm³/mol. The first-order chi connectivity index (χ1) is 35.0. The van der Waals surface area contributed by atoms with Crippen LogP contribution in [0.4, 0.5) is 0 Å². The highest BCUT2D eigenvalue weighted by Gasteiger charge is 2.19. The van der Waals surface area contributed by atoms with Gasteiger partial charge in [0.15, 0.2) is 6.10 Å². The molecule has 0 fully saturated rings. The minimum Gasteiger partial charge on any atom is -0.462 e. The van der Waals surface area contributed by atoms with Crippen molar-refractivity contribution in [2.45, 2.75) is 374 Å². The van der Waals surface area contributed by atoms with Gasteiger partial charge in [-0.15, -0.1) is 0 Å². The molecule has 0 aromatic rings. The Labute approximate surface area is 443 Å². The summed E-state index contributed by atoms with van der Waals surface area (Å²) in [4.78, 5) is 38.3. The third-order valence-electron chi connectivity index (χ3n) is 14.8. The Hall–Kier alpha value is -1.85. The second-order valence-corrected chi connectivity index (χ2v) is 22.0. The highest BCUT2D eigenvalue weighted by molar-refractivity contribution is 5.71. The molecule has 0 spiro atoms. The molecule has 0 bridgehead atoms. The molecule has 0 aliphatic rings. The van der Waals surface area contributed by atoms with Crippen LogP contribution < -0.4 is 0 Å². The second kappa shape index (κ2) is 60.7. The van der Waals surface area contributed by atoms with Crippen molar-refractivity contribution >= 4 is 17.9 Å². The van der Waals surface area contributed by atoms with Gasteiger partial charge in [-0.05, 0) is 44.9 Å². The fraction of sp³-hybridized carbons (Fsp3) is 0.923. The molecule has 0 aromatic carbocycles. The lowest BCUT2D eigenvalue weighted by molar-refractivity contribution is -0.167. The van der Waals surface area contributed by atoms with E-state index >= 15 is 0 Å². The van der Waals surface area contributed by atoms with Gasteiger partial charge in [0.25, 0.3) is 0 Å². The maximum absolute atomic E-state index is 12.9. The van der Waals surface area contributed by atoms with E-state index in [0.717, 1.165) is 64.2 Å². The molecule has 0 aromatic heterocycles. The molecule has 0 aliphatic carbocycles. The smallest absolute Gasteiger partial charge is 0.306 e. The van der Waals surface area contributed by atoms with Gasteiger partial charge >= 0.3 is 17.9 Å². The molecule has 0 amide bonds. The predicted octanol–water partition coefficient (Wildman–Crippen LogP) is 21.7. The quantitative estimate of drug-likeness (QED) is 0.0261. The summed E-state index contributed by atoms with van der Waals surface area (Å²) >= 11 is 0. The van der Waals surface area contributed by atoms with Gasteiger partial charge in [0.05, 0.1) is 0 Å². The first-order valence-corrected chi connectivity index (χ1v) is 32.2. The van der Waals surface area contributed by atoms with Gasteiger partial charge in [-0.2, -0.15) is 0 Å². The molecule has 6 nitrogen and oxygen atoms in total. The maximum Gasteiger partial charge on any atom is 0.306 e. The highest BCUT2D eigenvalue weighted by Crippen LogP contribution is 2.18. The average Bonchev–Trinajstić information content (AvgIpc) is 3.37. The van der Waals surface area contributed by atoms with Crippen LogP contribution in [0.1, 0.15) is 367 Å². The molecular formula is C65H124O6. The minimum absolute atomic E-state index is 0.0659. The molecule has 0 N–H and O–H groups in total. The molecule has 0 saturated heterocycles. The van der Waals surface area contributed by atoms with E-state index in [2.05, 4.69) is 32.9 Å². The number of ether oxygens (including phenoxy) is 3. The summed E-state index contributed by atoms with van der Waals surface area (Å²) in [7, 11) is 0. The van der Waals surface area contributed by atoms with Crippen molar-refractivity contribution in [1.29, 1.82) is 0 Å². The van der Waals surface area contributed by atoms with Crippen LogP contribution in [0, 0.1) is 0 Å². The molecule has 0 heterocycles. The third kappa shape index (κ3) is 58.9. The molecule has 0 radical (unpaired) electrons. The molecule has 1 atom stereocenters. The van der Waals surface area contributed by atoms with Crippen LogP contribution in [-0.4, -0.2) is 37.2 Å². The molecule has 420 valence electrons. The average molecular weight is 1000 g/mol. The largest absolute Gasteiger partial charge is 0.462 e. The summed E-state index contributed by atoms with van der Waals surface area (Å²) in [5.74, 6) is -0.843. The van der Waals surface area contributed by atoms with Crippen molar-refractivity contribution in [2.24, 2.45) is 0 Å². The van der Waals surface area contributed by atoms with E-state index in [1.807, 2.05) is 0 Å². The summed E-state index contributed by atoms with van der Waals surface area (Å²) in [5, 5.41) is 0. The zero-order valence-electron chi connectivity index (χ0n) is 48.3. The first kappa shape index (κ1) is 69.2. The summed E-state index contributed by atoms with van der Waals surface area (Å²) in [5.41, 5.74) is 0. The van der Waals surface area contributed by atoms with Gasteiger partial charge in [0.1, 0.15) is 13.2 Å². The number of esters is 3. The van der Waals surface area contributed by atoms with Crippen LogP contribution in [0.3, 0.4) is 0 Å².